The van der Waals surface area contributed by atoms with Gasteiger partial charge in [0.25, 0.3) is 5.69 Å². The first-order valence-electron chi connectivity index (χ1n) is 7.31. The summed E-state index contributed by atoms with van der Waals surface area (Å²) < 4.78 is 10.5. The van der Waals surface area contributed by atoms with Gasteiger partial charge in [0.2, 0.25) is 0 Å². The lowest BCUT2D eigenvalue weighted by Gasteiger charge is -2.08. The molecule has 0 N–H and O–H groups in total. The van der Waals surface area contributed by atoms with Gasteiger partial charge in [-0.2, -0.15) is 0 Å². The van der Waals surface area contributed by atoms with Gasteiger partial charge in [-0.3, -0.25) is 10.1 Å². The van der Waals surface area contributed by atoms with Gasteiger partial charge in [-0.1, -0.05) is 6.07 Å². The standard InChI is InChI=1S/C17H15NO5/c19-17(23-15-8-5-14(6-9-15)18(20)21)11-22-16-7-4-12-2-1-3-13(12)10-16/h4-10H,1-3,11H2. The zero-order chi connectivity index (χ0) is 16.2. The van der Waals surface area contributed by atoms with Crippen LogP contribution in [-0.2, 0) is 17.6 Å². The largest absolute Gasteiger partial charge is 0.482 e. The Morgan fingerprint density at radius 2 is 1.74 bits per heavy atom. The molecule has 6 nitrogen and oxygen atoms in total. The van der Waals surface area contributed by atoms with Gasteiger partial charge in [-0.15, -0.1) is 0 Å². The van der Waals surface area contributed by atoms with Crippen molar-refractivity contribution in [2.24, 2.45) is 0 Å². The summed E-state index contributed by atoms with van der Waals surface area (Å²) >= 11 is 0. The van der Waals surface area contributed by atoms with Crippen molar-refractivity contribution in [3.05, 3.63) is 63.7 Å². The number of nitro groups is 1. The minimum Gasteiger partial charge on any atom is -0.482 e. The number of fused-ring (bicyclic) bond motifs is 1. The quantitative estimate of drug-likeness (QED) is 0.367. The summed E-state index contributed by atoms with van der Waals surface area (Å²) in [5.74, 6) is 0.337. The molecule has 118 valence electrons. The highest BCUT2D eigenvalue weighted by Crippen LogP contribution is 2.26. The van der Waals surface area contributed by atoms with E-state index in [1.165, 1.54) is 35.4 Å². The molecule has 0 atom stereocenters. The van der Waals surface area contributed by atoms with Gasteiger partial charge in [0.15, 0.2) is 6.61 Å². The highest BCUT2D eigenvalue weighted by Gasteiger charge is 2.13. The number of nitro benzene ring substituents is 1. The van der Waals surface area contributed by atoms with Crippen molar-refractivity contribution in [3.63, 3.8) is 0 Å². The van der Waals surface area contributed by atoms with E-state index < -0.39 is 10.9 Å². The van der Waals surface area contributed by atoms with E-state index in [1.807, 2.05) is 18.2 Å². The van der Waals surface area contributed by atoms with Gasteiger partial charge in [0.05, 0.1) is 4.92 Å². The Labute approximate surface area is 132 Å². The lowest BCUT2D eigenvalue weighted by molar-refractivity contribution is -0.384. The van der Waals surface area contributed by atoms with Gasteiger partial charge in [0, 0.05) is 12.1 Å². The molecule has 3 rings (SSSR count). The fraction of sp³-hybridized carbons (Fsp3) is 0.235. The fourth-order valence-electron chi connectivity index (χ4n) is 2.58. The van der Waals surface area contributed by atoms with E-state index in [-0.39, 0.29) is 18.0 Å². The van der Waals surface area contributed by atoms with E-state index >= 15 is 0 Å². The van der Waals surface area contributed by atoms with Gasteiger partial charge in [-0.25, -0.2) is 4.79 Å². The number of hydrogen-bond acceptors (Lipinski definition) is 5. The SMILES string of the molecule is O=C(COc1ccc2c(c1)CCC2)Oc1ccc([N+](=O)[O-])cc1. The summed E-state index contributed by atoms with van der Waals surface area (Å²) in [6, 6.07) is 11.2. The van der Waals surface area contributed by atoms with E-state index in [9.17, 15) is 14.9 Å². The molecule has 2 aromatic carbocycles. The number of aryl methyl sites for hydroxylation is 2. The molecular formula is C17H15NO5. The number of esters is 1. The molecule has 0 unspecified atom stereocenters. The third kappa shape index (κ3) is 3.66. The Balaban J connectivity index is 1.54. The maximum Gasteiger partial charge on any atom is 0.349 e. The minimum atomic E-state index is -0.556. The molecule has 6 heteroatoms. The van der Waals surface area contributed by atoms with Gasteiger partial charge in [-0.05, 0) is 54.7 Å². The van der Waals surface area contributed by atoms with Crippen LogP contribution in [0.25, 0.3) is 0 Å². The minimum absolute atomic E-state index is 0.0563. The third-order valence-corrected chi connectivity index (χ3v) is 3.71. The molecule has 0 radical (unpaired) electrons. The molecule has 2 aromatic rings. The number of non-ortho nitro benzene ring substituents is 1. The average Bonchev–Trinajstić information content (AvgIpc) is 3.01. The highest BCUT2D eigenvalue weighted by molar-refractivity contribution is 5.74. The van der Waals surface area contributed by atoms with Crippen LogP contribution in [0.1, 0.15) is 17.5 Å². The van der Waals surface area contributed by atoms with Crippen LogP contribution >= 0.6 is 0 Å². The summed E-state index contributed by atoms with van der Waals surface area (Å²) in [6.07, 6.45) is 3.29. The first-order chi connectivity index (χ1) is 11.1. The predicted octanol–water partition coefficient (Wildman–Crippen LogP) is 3.07. The average molecular weight is 313 g/mol. The number of rotatable bonds is 5. The van der Waals surface area contributed by atoms with E-state index in [2.05, 4.69) is 0 Å². The van der Waals surface area contributed by atoms with E-state index in [4.69, 9.17) is 9.47 Å². The van der Waals surface area contributed by atoms with E-state index in [0.717, 1.165) is 19.3 Å². The number of ether oxygens (including phenoxy) is 2. The van der Waals surface area contributed by atoms with Crippen molar-refractivity contribution in [2.45, 2.75) is 19.3 Å². The first kappa shape index (κ1) is 15.0. The molecule has 23 heavy (non-hydrogen) atoms. The first-order valence-corrected chi connectivity index (χ1v) is 7.31. The Bertz CT molecular complexity index is 739. The Morgan fingerprint density at radius 1 is 1.04 bits per heavy atom. The third-order valence-electron chi connectivity index (χ3n) is 3.71. The maximum absolute atomic E-state index is 11.8. The summed E-state index contributed by atoms with van der Waals surface area (Å²) in [6.45, 7) is -0.213. The van der Waals surface area contributed by atoms with Crippen LogP contribution in [0, 0.1) is 10.1 Å². The topological polar surface area (TPSA) is 78.7 Å². The molecule has 1 aliphatic rings. The van der Waals surface area contributed by atoms with E-state index in [0.29, 0.717) is 5.75 Å². The zero-order valence-corrected chi connectivity index (χ0v) is 12.4. The van der Waals surface area contributed by atoms with Crippen molar-refractivity contribution in [2.75, 3.05) is 6.61 Å². The second-order valence-electron chi connectivity index (χ2n) is 5.30. The van der Waals surface area contributed by atoms with Crippen molar-refractivity contribution >= 4 is 11.7 Å². The van der Waals surface area contributed by atoms with Crippen molar-refractivity contribution < 1.29 is 19.2 Å². The molecule has 0 bridgehead atoms. The lowest BCUT2D eigenvalue weighted by atomic mass is 10.1. The lowest BCUT2D eigenvalue weighted by Crippen LogP contribution is -2.17. The van der Waals surface area contributed by atoms with Gasteiger partial charge < -0.3 is 9.47 Å². The van der Waals surface area contributed by atoms with Crippen LogP contribution in [0.3, 0.4) is 0 Å². The van der Waals surface area contributed by atoms with Gasteiger partial charge in [0.1, 0.15) is 11.5 Å². The molecule has 0 aromatic heterocycles. The van der Waals surface area contributed by atoms with Crippen molar-refractivity contribution in [1.82, 2.24) is 0 Å². The molecule has 0 heterocycles. The second-order valence-corrected chi connectivity index (χ2v) is 5.30. The molecule has 0 aliphatic heterocycles. The summed E-state index contributed by atoms with van der Waals surface area (Å²) in [5, 5.41) is 10.6. The zero-order valence-electron chi connectivity index (χ0n) is 12.4. The molecule has 1 aliphatic carbocycles. The monoisotopic (exact) mass is 313 g/mol. The van der Waals surface area contributed by atoms with E-state index in [1.54, 1.807) is 0 Å². The fourth-order valence-corrected chi connectivity index (χ4v) is 2.58. The molecule has 0 saturated heterocycles. The molecule has 0 spiro atoms. The second kappa shape index (κ2) is 6.48. The number of carbonyl (C=O) groups is 1. The summed E-state index contributed by atoms with van der Waals surface area (Å²) in [7, 11) is 0. The van der Waals surface area contributed by atoms with Crippen LogP contribution < -0.4 is 9.47 Å². The molecule has 0 amide bonds. The number of carbonyl (C=O) groups excluding carboxylic acids is 1. The summed E-state index contributed by atoms with van der Waals surface area (Å²) in [4.78, 5) is 21.8. The Morgan fingerprint density at radius 3 is 2.48 bits per heavy atom. The molecule has 0 fully saturated rings. The Kier molecular flexibility index (Phi) is 4.23. The van der Waals surface area contributed by atoms with Crippen LogP contribution in [0.2, 0.25) is 0 Å². The normalized spacial score (nSPS) is 12.5. The number of nitrogens with zero attached hydrogens (tertiary/aromatic N) is 1. The van der Waals surface area contributed by atoms with Crippen molar-refractivity contribution in [1.29, 1.82) is 0 Å². The smallest absolute Gasteiger partial charge is 0.349 e. The van der Waals surface area contributed by atoms with Crippen LogP contribution in [0.5, 0.6) is 11.5 Å². The highest BCUT2D eigenvalue weighted by atomic mass is 16.6. The number of hydrogen-bond donors (Lipinski definition) is 0. The van der Waals surface area contributed by atoms with Crippen LogP contribution in [0.4, 0.5) is 5.69 Å². The number of benzene rings is 2. The van der Waals surface area contributed by atoms with Crippen LogP contribution in [-0.4, -0.2) is 17.5 Å². The van der Waals surface area contributed by atoms with Gasteiger partial charge >= 0.3 is 5.97 Å². The molecule has 0 saturated carbocycles. The van der Waals surface area contributed by atoms with Crippen molar-refractivity contribution in [3.8, 4) is 11.5 Å². The summed E-state index contributed by atoms with van der Waals surface area (Å²) in [5.41, 5.74) is 2.55. The Hall–Kier alpha value is -2.89. The van der Waals surface area contributed by atoms with Crippen LogP contribution in [0.15, 0.2) is 42.5 Å². The predicted molar refractivity (Wildman–Crippen MR) is 82.7 cm³/mol. The maximum atomic E-state index is 11.8. The molecular weight excluding hydrogens is 298 g/mol.